The van der Waals surface area contributed by atoms with Gasteiger partial charge in [0.05, 0.1) is 26.6 Å². The second-order valence-electron chi connectivity index (χ2n) is 7.45. The van der Waals surface area contributed by atoms with E-state index in [1.54, 1.807) is 50.6 Å². The quantitative estimate of drug-likeness (QED) is 0.127. The molecule has 228 valence electrons. The van der Waals surface area contributed by atoms with Gasteiger partial charge >= 0.3 is 34.1 Å². The Labute approximate surface area is 269 Å². The predicted octanol–water partition coefficient (Wildman–Crippen LogP) is 3.95. The van der Waals surface area contributed by atoms with Gasteiger partial charge in [-0.1, -0.05) is 0 Å². The number of ether oxygens (including phenoxy) is 2. The second-order valence-corrected chi connectivity index (χ2v) is 8.18. The molecule has 0 amide bonds. The van der Waals surface area contributed by atoms with Gasteiger partial charge in [-0.25, -0.2) is 0 Å². The second kappa shape index (κ2) is 22.1. The Morgan fingerprint density at radius 3 is 1.30 bits per heavy atom. The third kappa shape index (κ3) is 13.6. The van der Waals surface area contributed by atoms with E-state index in [1.807, 2.05) is 37.5 Å². The first-order valence-corrected chi connectivity index (χ1v) is 12.9. The maximum absolute atomic E-state index is 9.67. The summed E-state index contributed by atoms with van der Waals surface area (Å²) in [5.41, 5.74) is 1.07. The van der Waals surface area contributed by atoms with Crippen molar-refractivity contribution in [2.45, 2.75) is 27.7 Å². The van der Waals surface area contributed by atoms with Crippen LogP contribution in [0.4, 0.5) is 0 Å². The molecule has 0 aliphatic heterocycles. The zero-order valence-corrected chi connectivity index (χ0v) is 26.8. The van der Waals surface area contributed by atoms with E-state index in [1.165, 1.54) is 12.4 Å². The number of benzene rings is 2. The number of rotatable bonds is 10. The number of amidine groups is 2. The Balaban J connectivity index is 0. The molecule has 0 aliphatic carbocycles. The molecule has 0 aromatic heterocycles. The van der Waals surface area contributed by atoms with Gasteiger partial charge in [0, 0.05) is 47.6 Å². The predicted molar refractivity (Wildman–Crippen MR) is 160 cm³/mol. The van der Waals surface area contributed by atoms with Gasteiger partial charge in [0.25, 0.3) is 0 Å². The van der Waals surface area contributed by atoms with E-state index in [0.29, 0.717) is 33.0 Å². The van der Waals surface area contributed by atoms with Crippen molar-refractivity contribution in [2.75, 3.05) is 40.4 Å². The van der Waals surface area contributed by atoms with Crippen LogP contribution in [0.5, 0.6) is 23.0 Å². The first-order chi connectivity index (χ1) is 18.2. The summed E-state index contributed by atoms with van der Waals surface area (Å²) in [7, 11) is 3.13. The van der Waals surface area contributed by atoms with E-state index in [4.69, 9.17) is 34.7 Å². The molecule has 2 N–H and O–H groups in total. The van der Waals surface area contributed by atoms with Crippen molar-refractivity contribution in [3.63, 3.8) is 0 Å². The number of hydrogen-bond acceptors (Lipinski definition) is 10. The van der Waals surface area contributed by atoms with Gasteiger partial charge in [0.15, 0.2) is 0 Å². The average molecular weight is 688 g/mol. The number of aromatic hydroxyl groups is 2. The van der Waals surface area contributed by atoms with Crippen LogP contribution in [0, 0.1) is 0 Å². The minimum absolute atomic E-state index is 0. The van der Waals surface area contributed by atoms with Crippen molar-refractivity contribution < 1.29 is 53.8 Å². The van der Waals surface area contributed by atoms with Crippen LogP contribution in [0.1, 0.15) is 38.8 Å². The van der Waals surface area contributed by atoms with Crippen molar-refractivity contribution in [3.05, 3.63) is 47.5 Å². The Bertz CT molecular complexity index is 1040. The molecule has 40 heavy (non-hydrogen) atoms. The fourth-order valence-electron chi connectivity index (χ4n) is 2.92. The van der Waals surface area contributed by atoms with Crippen LogP contribution in [0.25, 0.3) is 0 Å². The third-order valence-corrected chi connectivity index (χ3v) is 5.90. The smallest absolute Gasteiger partial charge is 0.741 e. The zero-order valence-electron chi connectivity index (χ0n) is 23.3. The van der Waals surface area contributed by atoms with E-state index >= 15 is 0 Å². The van der Waals surface area contributed by atoms with E-state index in [2.05, 4.69) is 20.4 Å². The van der Waals surface area contributed by atoms with Gasteiger partial charge in [0.2, 0.25) is 0 Å². The SMILES string of the molecule is CCN(CC)/C([S-])=N/N=C/c1cc(OC)ccc1O.CCN(CC)/C([S-])=N/N=C/c1cc(OC)ccc1O.[Cu+].[Cu+]. The average Bonchev–Trinajstić information content (AvgIpc) is 2.92. The van der Waals surface area contributed by atoms with Crippen LogP contribution in [0.3, 0.4) is 0 Å². The summed E-state index contributed by atoms with van der Waals surface area (Å²) in [5.74, 6) is 1.53. The summed E-state index contributed by atoms with van der Waals surface area (Å²) in [6, 6.07) is 9.78. The molecule has 0 fully saturated rings. The monoisotopic (exact) mass is 686 g/mol. The van der Waals surface area contributed by atoms with Gasteiger partial charge in [-0.05, 0) is 64.1 Å². The van der Waals surface area contributed by atoms with Gasteiger partial charge in [0.1, 0.15) is 23.0 Å². The summed E-state index contributed by atoms with van der Waals surface area (Å²) in [6.45, 7) is 11.2. The van der Waals surface area contributed by atoms with E-state index < -0.39 is 0 Å². The molecule has 0 saturated carbocycles. The van der Waals surface area contributed by atoms with Gasteiger partial charge < -0.3 is 54.7 Å². The van der Waals surface area contributed by atoms with Crippen LogP contribution in [-0.2, 0) is 59.4 Å². The molecule has 2 aromatic carbocycles. The molecular weight excluding hydrogens is 652 g/mol. The maximum atomic E-state index is 9.67. The van der Waals surface area contributed by atoms with E-state index in [0.717, 1.165) is 26.2 Å². The minimum Gasteiger partial charge on any atom is -0.741 e. The van der Waals surface area contributed by atoms with Crippen molar-refractivity contribution in [1.29, 1.82) is 0 Å². The summed E-state index contributed by atoms with van der Waals surface area (Å²) >= 11 is 10.3. The van der Waals surface area contributed by atoms with Crippen LogP contribution in [0.15, 0.2) is 56.8 Å². The van der Waals surface area contributed by atoms with Crippen LogP contribution < -0.4 is 9.47 Å². The molecule has 0 aliphatic rings. The van der Waals surface area contributed by atoms with E-state index in [-0.39, 0.29) is 45.6 Å². The van der Waals surface area contributed by atoms with Gasteiger partial charge in [-0.3, -0.25) is 0 Å². The number of nitrogens with zero attached hydrogens (tertiary/aromatic N) is 6. The molecule has 2 aromatic rings. The standard InChI is InChI=1S/2C13H19N3O2S.2Cu/c2*1-4-16(5-2)13(19)15-14-9-10-8-11(18-3)6-7-12(10)17;;/h2*6-9,17H,4-5H2,1-3H3,(H,15,19);;/q;;2*+1/p-2/b2*14-9+;;. The molecule has 0 saturated heterocycles. The van der Waals surface area contributed by atoms with E-state index in [9.17, 15) is 10.2 Å². The van der Waals surface area contributed by atoms with Crippen molar-refractivity contribution in [3.8, 4) is 23.0 Å². The number of phenolic OH excluding ortho intramolecular Hbond substituents is 2. The molecule has 10 nitrogen and oxygen atoms in total. The maximum Gasteiger partial charge on any atom is 1.00 e. The van der Waals surface area contributed by atoms with Gasteiger partial charge in [-0.15, -0.1) is 0 Å². The van der Waals surface area contributed by atoms with Crippen molar-refractivity contribution in [1.82, 2.24) is 9.80 Å². The van der Waals surface area contributed by atoms with Crippen LogP contribution >= 0.6 is 0 Å². The van der Waals surface area contributed by atoms with Crippen LogP contribution in [-0.4, -0.2) is 83.2 Å². The van der Waals surface area contributed by atoms with Crippen LogP contribution in [0.2, 0.25) is 0 Å². The molecule has 0 atom stereocenters. The first kappa shape index (κ1) is 39.5. The molecule has 0 unspecified atom stereocenters. The number of phenols is 2. The topological polar surface area (TPSA) is 115 Å². The van der Waals surface area contributed by atoms with Gasteiger partial charge in [-0.2, -0.15) is 20.4 Å². The third-order valence-electron chi connectivity index (χ3n) is 5.22. The Morgan fingerprint density at radius 1 is 0.700 bits per heavy atom. The summed E-state index contributed by atoms with van der Waals surface area (Å²) in [6.07, 6.45) is 2.90. The fourth-order valence-corrected chi connectivity index (χ4v) is 3.53. The molecule has 14 heteroatoms. The first-order valence-electron chi connectivity index (χ1n) is 12.0. The normalized spacial score (nSPS) is 11.2. The number of methoxy groups -OCH3 is 2. The zero-order chi connectivity index (χ0) is 28.5. The number of hydrogen-bond donors (Lipinski definition) is 2. The molecule has 0 bridgehead atoms. The molecule has 2 rings (SSSR count). The largest absolute Gasteiger partial charge is 1.00 e. The Morgan fingerprint density at radius 2 is 1.02 bits per heavy atom. The summed E-state index contributed by atoms with van der Waals surface area (Å²) in [4.78, 5) is 3.83. The summed E-state index contributed by atoms with van der Waals surface area (Å²) < 4.78 is 10.1. The van der Waals surface area contributed by atoms with Crippen molar-refractivity contribution in [2.24, 2.45) is 20.4 Å². The molecule has 0 radical (unpaired) electrons. The Hall–Kier alpha value is -2.60. The minimum atomic E-state index is 0. The molecule has 0 heterocycles. The fraction of sp³-hybridized carbons (Fsp3) is 0.385. The summed E-state index contributed by atoms with van der Waals surface area (Å²) in [5, 5.41) is 35.9. The van der Waals surface area contributed by atoms with Crippen molar-refractivity contribution >= 4 is 48.0 Å². The molecule has 0 spiro atoms. The molecular formula is C26H36Cu2N6O4S2. The Kier molecular flexibility index (Phi) is 21.9.